The maximum absolute atomic E-state index is 9.73. The van der Waals surface area contributed by atoms with E-state index >= 15 is 0 Å². The van der Waals surface area contributed by atoms with Crippen molar-refractivity contribution in [1.82, 2.24) is 4.98 Å². The number of fused-ring (bicyclic) bond motifs is 1. The summed E-state index contributed by atoms with van der Waals surface area (Å²) in [6, 6.07) is 21.1. The summed E-state index contributed by atoms with van der Waals surface area (Å²) in [5.74, 6) is 1.17. The molecule has 0 bridgehead atoms. The highest BCUT2D eigenvalue weighted by Crippen LogP contribution is 2.37. The van der Waals surface area contributed by atoms with Crippen molar-refractivity contribution in [3.05, 3.63) is 88.6 Å². The molecule has 0 saturated heterocycles. The number of nitriles is 1. The van der Waals surface area contributed by atoms with E-state index in [0.29, 0.717) is 39.9 Å². The number of hydrogen-bond donors (Lipinski definition) is 1. The van der Waals surface area contributed by atoms with Gasteiger partial charge in [-0.2, -0.15) is 5.26 Å². The SMILES string of the molecule is COc1cc2c(Nc3ccc(/C(C)=N\OCc4ccc(Cl)cc4)cc3)c(C#N)cnc2cc1OC(C)C. The van der Waals surface area contributed by atoms with E-state index in [1.807, 2.05) is 81.4 Å². The zero-order valence-electron chi connectivity index (χ0n) is 21.1. The second-order valence-electron chi connectivity index (χ2n) is 8.62. The molecule has 188 valence electrons. The van der Waals surface area contributed by atoms with Crippen molar-refractivity contribution in [2.75, 3.05) is 12.4 Å². The van der Waals surface area contributed by atoms with Crippen LogP contribution in [0.4, 0.5) is 11.4 Å². The number of anilines is 2. The maximum atomic E-state index is 9.73. The van der Waals surface area contributed by atoms with Crippen LogP contribution in [0.15, 0.2) is 72.0 Å². The predicted molar refractivity (Wildman–Crippen MR) is 147 cm³/mol. The fourth-order valence-electron chi connectivity index (χ4n) is 3.70. The molecule has 3 aromatic carbocycles. The number of methoxy groups -OCH3 is 1. The number of ether oxygens (including phenoxy) is 2. The summed E-state index contributed by atoms with van der Waals surface area (Å²) >= 11 is 5.92. The zero-order chi connectivity index (χ0) is 26.4. The first kappa shape index (κ1) is 25.8. The van der Waals surface area contributed by atoms with Crippen molar-refractivity contribution < 1.29 is 14.3 Å². The molecule has 0 spiro atoms. The van der Waals surface area contributed by atoms with E-state index in [1.165, 1.54) is 0 Å². The summed E-state index contributed by atoms with van der Waals surface area (Å²) in [6.45, 7) is 6.14. The lowest BCUT2D eigenvalue weighted by atomic mass is 10.1. The molecule has 37 heavy (non-hydrogen) atoms. The van der Waals surface area contributed by atoms with Crippen LogP contribution in [0.5, 0.6) is 11.5 Å². The molecule has 0 radical (unpaired) electrons. The normalized spacial score (nSPS) is 11.3. The van der Waals surface area contributed by atoms with E-state index in [-0.39, 0.29) is 6.10 Å². The molecule has 4 aromatic rings. The predicted octanol–water partition coefficient (Wildman–Crippen LogP) is 7.24. The molecule has 0 amide bonds. The molecule has 0 aliphatic rings. The van der Waals surface area contributed by atoms with E-state index in [9.17, 15) is 5.26 Å². The van der Waals surface area contributed by atoms with Gasteiger partial charge in [0.1, 0.15) is 12.7 Å². The molecule has 0 fully saturated rings. The Kier molecular flexibility index (Phi) is 8.11. The maximum Gasteiger partial charge on any atom is 0.163 e. The Hall–Kier alpha value is -4.28. The van der Waals surface area contributed by atoms with Crippen LogP contribution in [0, 0.1) is 11.3 Å². The van der Waals surface area contributed by atoms with Gasteiger partial charge >= 0.3 is 0 Å². The Morgan fingerprint density at radius 2 is 1.81 bits per heavy atom. The molecule has 4 rings (SSSR count). The molecule has 0 atom stereocenters. The average Bonchev–Trinajstić information content (AvgIpc) is 2.89. The van der Waals surface area contributed by atoms with Crippen molar-refractivity contribution in [1.29, 1.82) is 5.26 Å². The van der Waals surface area contributed by atoms with Crippen LogP contribution in [0.2, 0.25) is 5.02 Å². The smallest absolute Gasteiger partial charge is 0.163 e. The minimum absolute atomic E-state index is 0.0179. The Labute approximate surface area is 221 Å². The van der Waals surface area contributed by atoms with Gasteiger partial charge in [0, 0.05) is 28.4 Å². The third-order valence-electron chi connectivity index (χ3n) is 5.55. The van der Waals surface area contributed by atoms with Crippen LogP contribution in [-0.2, 0) is 11.4 Å². The van der Waals surface area contributed by atoms with Crippen molar-refractivity contribution in [2.24, 2.45) is 5.16 Å². The van der Waals surface area contributed by atoms with E-state index < -0.39 is 0 Å². The van der Waals surface area contributed by atoms with Crippen molar-refractivity contribution >= 4 is 39.6 Å². The summed E-state index contributed by atoms with van der Waals surface area (Å²) in [7, 11) is 1.59. The minimum Gasteiger partial charge on any atom is -0.493 e. The van der Waals surface area contributed by atoms with Crippen LogP contribution in [-0.4, -0.2) is 23.9 Å². The number of halogens is 1. The highest BCUT2D eigenvalue weighted by molar-refractivity contribution is 6.30. The largest absolute Gasteiger partial charge is 0.493 e. The van der Waals surface area contributed by atoms with Gasteiger partial charge in [-0.25, -0.2) is 0 Å². The first-order chi connectivity index (χ1) is 17.9. The van der Waals surface area contributed by atoms with Gasteiger partial charge < -0.3 is 19.6 Å². The lowest BCUT2D eigenvalue weighted by molar-refractivity contribution is 0.130. The number of nitrogens with one attached hydrogen (secondary N) is 1. The fourth-order valence-corrected chi connectivity index (χ4v) is 3.83. The van der Waals surface area contributed by atoms with Crippen LogP contribution in [0.1, 0.15) is 37.5 Å². The number of hydrogen-bond acceptors (Lipinski definition) is 7. The Morgan fingerprint density at radius 1 is 1.08 bits per heavy atom. The quantitative estimate of drug-likeness (QED) is 0.187. The van der Waals surface area contributed by atoms with Crippen LogP contribution in [0.3, 0.4) is 0 Å². The second kappa shape index (κ2) is 11.6. The zero-order valence-corrected chi connectivity index (χ0v) is 21.8. The molecular formula is C29H27ClN4O3. The minimum atomic E-state index is -0.0179. The summed E-state index contributed by atoms with van der Waals surface area (Å²) in [5, 5.41) is 18.8. The van der Waals surface area contributed by atoms with E-state index in [1.54, 1.807) is 13.3 Å². The molecular weight excluding hydrogens is 488 g/mol. The molecule has 8 heteroatoms. The molecule has 1 N–H and O–H groups in total. The summed E-state index contributed by atoms with van der Waals surface area (Å²) in [6.07, 6.45) is 1.54. The van der Waals surface area contributed by atoms with Crippen LogP contribution < -0.4 is 14.8 Å². The molecule has 7 nitrogen and oxygen atoms in total. The highest BCUT2D eigenvalue weighted by atomic mass is 35.5. The highest BCUT2D eigenvalue weighted by Gasteiger charge is 2.15. The average molecular weight is 515 g/mol. The molecule has 0 unspecified atom stereocenters. The van der Waals surface area contributed by atoms with Gasteiger partial charge in [0.25, 0.3) is 0 Å². The number of benzene rings is 3. The first-order valence-corrected chi connectivity index (χ1v) is 12.1. The van der Waals surface area contributed by atoms with Crippen LogP contribution in [0.25, 0.3) is 10.9 Å². The molecule has 0 aliphatic heterocycles. The third-order valence-corrected chi connectivity index (χ3v) is 5.81. The molecule has 1 aromatic heterocycles. The summed E-state index contributed by atoms with van der Waals surface area (Å²) in [4.78, 5) is 9.96. The summed E-state index contributed by atoms with van der Waals surface area (Å²) < 4.78 is 11.4. The lowest BCUT2D eigenvalue weighted by Gasteiger charge is -2.17. The Balaban J connectivity index is 1.55. The second-order valence-corrected chi connectivity index (χ2v) is 9.06. The van der Waals surface area contributed by atoms with Gasteiger partial charge in [0.15, 0.2) is 11.5 Å². The van der Waals surface area contributed by atoms with Crippen molar-refractivity contribution in [2.45, 2.75) is 33.5 Å². The topological polar surface area (TPSA) is 88.8 Å². The van der Waals surface area contributed by atoms with Gasteiger partial charge in [0.2, 0.25) is 0 Å². The number of oxime groups is 1. The van der Waals surface area contributed by atoms with Gasteiger partial charge in [-0.3, -0.25) is 4.98 Å². The van der Waals surface area contributed by atoms with Gasteiger partial charge in [-0.1, -0.05) is 41.0 Å². The monoisotopic (exact) mass is 514 g/mol. The number of nitrogens with zero attached hydrogens (tertiary/aromatic N) is 3. The number of rotatable bonds is 9. The third kappa shape index (κ3) is 6.29. The number of aromatic nitrogens is 1. The Morgan fingerprint density at radius 3 is 2.46 bits per heavy atom. The number of pyridine rings is 1. The van der Waals surface area contributed by atoms with Crippen LogP contribution >= 0.6 is 11.6 Å². The van der Waals surface area contributed by atoms with Crippen molar-refractivity contribution in [3.63, 3.8) is 0 Å². The molecule has 1 heterocycles. The fraction of sp³-hybridized carbons (Fsp3) is 0.207. The standard InChI is InChI=1S/C29H27ClN4O3/c1-18(2)37-28-14-26-25(13-27(28)35-4)29(22(15-31)16-32-26)33-24-11-7-21(8-12-24)19(3)34-36-17-20-5-9-23(30)10-6-20/h5-14,16,18H,17H2,1-4H3,(H,32,33)/b34-19-. The van der Waals surface area contributed by atoms with E-state index in [4.69, 9.17) is 25.9 Å². The molecule has 0 saturated carbocycles. The van der Waals surface area contributed by atoms with Gasteiger partial charge in [0.05, 0.1) is 35.7 Å². The molecule has 0 aliphatic carbocycles. The van der Waals surface area contributed by atoms with E-state index in [0.717, 1.165) is 27.9 Å². The van der Waals surface area contributed by atoms with Crippen molar-refractivity contribution in [3.8, 4) is 17.6 Å². The van der Waals surface area contributed by atoms with Gasteiger partial charge in [-0.05, 0) is 62.2 Å². The lowest BCUT2D eigenvalue weighted by Crippen LogP contribution is -2.07. The first-order valence-electron chi connectivity index (χ1n) is 11.7. The van der Waals surface area contributed by atoms with E-state index in [2.05, 4.69) is 21.5 Å². The summed E-state index contributed by atoms with van der Waals surface area (Å²) in [5.41, 5.74) is 5.21. The Bertz CT molecular complexity index is 1460. The van der Waals surface area contributed by atoms with Gasteiger partial charge in [-0.15, -0.1) is 0 Å².